The molecule has 0 saturated carbocycles. The lowest BCUT2D eigenvalue weighted by atomic mass is 10.0. The summed E-state index contributed by atoms with van der Waals surface area (Å²) >= 11 is 0. The van der Waals surface area contributed by atoms with Crippen LogP contribution in [0.4, 0.5) is 0 Å². The Hall–Kier alpha value is -2.16. The van der Waals surface area contributed by atoms with Gasteiger partial charge in [0.1, 0.15) is 18.1 Å². The third-order valence-corrected chi connectivity index (χ3v) is 3.79. The maximum atomic E-state index is 12.4. The second kappa shape index (κ2) is 8.62. The van der Waals surface area contributed by atoms with E-state index < -0.39 is 35.9 Å². The van der Waals surface area contributed by atoms with Crippen molar-refractivity contribution < 1.29 is 24.3 Å². The molecule has 1 aliphatic rings. The molecule has 1 rings (SSSR count). The van der Waals surface area contributed by atoms with Crippen molar-refractivity contribution in [3.05, 3.63) is 0 Å². The van der Waals surface area contributed by atoms with E-state index in [0.717, 1.165) is 0 Å². The first-order valence-corrected chi connectivity index (χ1v) is 8.01. The predicted octanol–water partition coefficient (Wildman–Crippen LogP) is -0.768. The summed E-state index contributed by atoms with van der Waals surface area (Å²) in [4.78, 5) is 46.9. The van der Waals surface area contributed by atoms with E-state index in [4.69, 9.17) is 5.11 Å². The van der Waals surface area contributed by atoms with Crippen molar-refractivity contribution in [1.82, 2.24) is 21.1 Å². The highest BCUT2D eigenvalue weighted by molar-refractivity contribution is 5.91. The first-order chi connectivity index (χ1) is 11.1. The number of carboxylic acid groups (broad SMARTS) is 1. The van der Waals surface area contributed by atoms with E-state index in [2.05, 4.69) is 16.1 Å². The van der Waals surface area contributed by atoms with Crippen molar-refractivity contribution >= 4 is 23.7 Å². The number of carbonyl (C=O) groups is 4. The van der Waals surface area contributed by atoms with E-state index in [9.17, 15) is 19.2 Å². The minimum Gasteiger partial charge on any atom is -0.480 e. The second-order valence-corrected chi connectivity index (χ2v) is 6.30. The van der Waals surface area contributed by atoms with Crippen molar-refractivity contribution in [2.75, 3.05) is 6.54 Å². The average molecular weight is 342 g/mol. The molecule has 3 amide bonds. The number of hydrazine groups is 1. The van der Waals surface area contributed by atoms with Crippen LogP contribution >= 0.6 is 0 Å². The molecule has 1 heterocycles. The standard InChI is InChI=1S/C15H26N4O5/c1-8(2)12(17-10(4)20)13(21)16-9(3)14(22)19-7-5-6-11(18-19)15(23)24/h8-9,11-12,18H,5-7H2,1-4H3,(H,16,21)(H,17,20)(H,23,24). The van der Waals surface area contributed by atoms with E-state index in [-0.39, 0.29) is 11.8 Å². The fourth-order valence-corrected chi connectivity index (χ4v) is 2.48. The summed E-state index contributed by atoms with van der Waals surface area (Å²) in [5.74, 6) is -2.35. The van der Waals surface area contributed by atoms with E-state index >= 15 is 0 Å². The van der Waals surface area contributed by atoms with Gasteiger partial charge in [0.05, 0.1) is 0 Å². The Balaban J connectivity index is 2.66. The Bertz CT molecular complexity index is 508. The zero-order valence-electron chi connectivity index (χ0n) is 14.5. The molecule has 1 fully saturated rings. The number of nitrogens with one attached hydrogen (secondary N) is 3. The molecule has 0 radical (unpaired) electrons. The lowest BCUT2D eigenvalue weighted by molar-refractivity contribution is -0.148. The average Bonchev–Trinajstić information content (AvgIpc) is 2.51. The Morgan fingerprint density at radius 3 is 2.29 bits per heavy atom. The fourth-order valence-electron chi connectivity index (χ4n) is 2.48. The van der Waals surface area contributed by atoms with Crippen LogP contribution in [0.15, 0.2) is 0 Å². The van der Waals surface area contributed by atoms with Crippen LogP contribution in [0.5, 0.6) is 0 Å². The predicted molar refractivity (Wildman–Crippen MR) is 85.6 cm³/mol. The van der Waals surface area contributed by atoms with E-state index in [1.54, 1.807) is 13.8 Å². The summed E-state index contributed by atoms with van der Waals surface area (Å²) < 4.78 is 0. The summed E-state index contributed by atoms with van der Waals surface area (Å²) in [5.41, 5.74) is 2.65. The first-order valence-electron chi connectivity index (χ1n) is 8.01. The highest BCUT2D eigenvalue weighted by Crippen LogP contribution is 2.09. The van der Waals surface area contributed by atoms with Gasteiger partial charge in [-0.2, -0.15) is 0 Å². The molecule has 9 heteroatoms. The van der Waals surface area contributed by atoms with Crippen molar-refractivity contribution in [2.45, 2.75) is 58.7 Å². The van der Waals surface area contributed by atoms with Gasteiger partial charge < -0.3 is 15.7 Å². The molecule has 1 saturated heterocycles. The van der Waals surface area contributed by atoms with Crippen molar-refractivity contribution in [2.24, 2.45) is 5.92 Å². The number of hydrogen-bond donors (Lipinski definition) is 4. The summed E-state index contributed by atoms with van der Waals surface area (Å²) in [7, 11) is 0. The molecule has 0 bridgehead atoms. The van der Waals surface area contributed by atoms with Gasteiger partial charge in [-0.3, -0.25) is 24.2 Å². The Labute approximate surface area is 141 Å². The molecule has 0 aromatic carbocycles. The molecule has 9 nitrogen and oxygen atoms in total. The van der Waals surface area contributed by atoms with Gasteiger partial charge in [0.2, 0.25) is 11.8 Å². The van der Waals surface area contributed by atoms with E-state index in [0.29, 0.717) is 19.4 Å². The highest BCUT2D eigenvalue weighted by Gasteiger charge is 2.32. The van der Waals surface area contributed by atoms with Gasteiger partial charge in [-0.1, -0.05) is 13.8 Å². The van der Waals surface area contributed by atoms with Crippen LogP contribution in [-0.4, -0.2) is 58.5 Å². The molecule has 0 aliphatic carbocycles. The van der Waals surface area contributed by atoms with Crippen LogP contribution in [0.25, 0.3) is 0 Å². The lowest BCUT2D eigenvalue weighted by Crippen LogP contribution is -2.60. The Kier molecular flexibility index (Phi) is 7.15. The van der Waals surface area contributed by atoms with E-state index in [1.165, 1.54) is 18.9 Å². The quantitative estimate of drug-likeness (QED) is 0.502. The van der Waals surface area contributed by atoms with Crippen LogP contribution < -0.4 is 16.1 Å². The monoisotopic (exact) mass is 342 g/mol. The summed E-state index contributed by atoms with van der Waals surface area (Å²) in [6.45, 7) is 6.80. The first kappa shape index (κ1) is 19.9. The van der Waals surface area contributed by atoms with Gasteiger partial charge in [0.25, 0.3) is 5.91 Å². The summed E-state index contributed by atoms with van der Waals surface area (Å²) in [6, 6.07) is -2.39. The zero-order chi connectivity index (χ0) is 18.4. The molecule has 0 spiro atoms. The third kappa shape index (κ3) is 5.48. The van der Waals surface area contributed by atoms with E-state index in [1.807, 2.05) is 0 Å². The molecule has 1 aliphatic heterocycles. The number of amides is 3. The molecular formula is C15H26N4O5. The topological polar surface area (TPSA) is 128 Å². The van der Waals surface area contributed by atoms with Gasteiger partial charge in [0, 0.05) is 13.5 Å². The number of nitrogens with zero attached hydrogens (tertiary/aromatic N) is 1. The van der Waals surface area contributed by atoms with Gasteiger partial charge in [0.15, 0.2) is 0 Å². The largest absolute Gasteiger partial charge is 0.480 e. The minimum absolute atomic E-state index is 0.138. The van der Waals surface area contributed by atoms with Gasteiger partial charge in [-0.05, 0) is 25.7 Å². The van der Waals surface area contributed by atoms with Gasteiger partial charge >= 0.3 is 5.97 Å². The molecule has 24 heavy (non-hydrogen) atoms. The highest BCUT2D eigenvalue weighted by atomic mass is 16.4. The molecule has 3 atom stereocenters. The SMILES string of the molecule is CC(=O)NC(C(=O)NC(C)C(=O)N1CCCC(C(=O)O)N1)C(C)C. The van der Waals surface area contributed by atoms with Crippen molar-refractivity contribution in [3.8, 4) is 0 Å². The van der Waals surface area contributed by atoms with Crippen LogP contribution in [-0.2, 0) is 19.2 Å². The number of carbonyl (C=O) groups excluding carboxylic acids is 3. The molecule has 0 aromatic rings. The number of hydrogen-bond acceptors (Lipinski definition) is 5. The third-order valence-electron chi connectivity index (χ3n) is 3.79. The normalized spacial score (nSPS) is 20.2. The summed E-state index contributed by atoms with van der Waals surface area (Å²) in [5, 5.41) is 15.4. The van der Waals surface area contributed by atoms with Gasteiger partial charge in [-0.25, -0.2) is 5.43 Å². The molecule has 4 N–H and O–H groups in total. The minimum atomic E-state index is -1.02. The molecular weight excluding hydrogens is 316 g/mol. The lowest BCUT2D eigenvalue weighted by Gasteiger charge is -2.34. The second-order valence-electron chi connectivity index (χ2n) is 6.30. The fraction of sp³-hybridized carbons (Fsp3) is 0.733. The number of aliphatic carboxylic acids is 1. The Morgan fingerprint density at radius 2 is 1.79 bits per heavy atom. The smallest absolute Gasteiger partial charge is 0.322 e. The van der Waals surface area contributed by atoms with Crippen LogP contribution in [0.1, 0.15) is 40.5 Å². The van der Waals surface area contributed by atoms with Gasteiger partial charge in [-0.15, -0.1) is 0 Å². The van der Waals surface area contributed by atoms with Crippen LogP contribution in [0.2, 0.25) is 0 Å². The summed E-state index contributed by atoms with van der Waals surface area (Å²) in [6.07, 6.45) is 1.01. The maximum Gasteiger partial charge on any atom is 0.322 e. The molecule has 3 unspecified atom stereocenters. The molecule has 0 aromatic heterocycles. The zero-order valence-corrected chi connectivity index (χ0v) is 14.5. The Morgan fingerprint density at radius 1 is 1.17 bits per heavy atom. The van der Waals surface area contributed by atoms with Crippen molar-refractivity contribution in [3.63, 3.8) is 0 Å². The van der Waals surface area contributed by atoms with Crippen LogP contribution in [0.3, 0.4) is 0 Å². The molecule has 136 valence electrons. The van der Waals surface area contributed by atoms with Crippen LogP contribution in [0, 0.1) is 5.92 Å². The van der Waals surface area contributed by atoms with Crippen molar-refractivity contribution in [1.29, 1.82) is 0 Å². The maximum absolute atomic E-state index is 12.4. The number of carboxylic acids is 1. The number of rotatable bonds is 6.